The quantitative estimate of drug-likeness (QED) is 0.653. The van der Waals surface area contributed by atoms with Gasteiger partial charge in [-0.25, -0.2) is 9.97 Å². The van der Waals surface area contributed by atoms with E-state index < -0.39 is 0 Å². The molecule has 1 aromatic heterocycles. The van der Waals surface area contributed by atoms with Crippen molar-refractivity contribution in [1.29, 1.82) is 0 Å². The second-order valence-electron chi connectivity index (χ2n) is 4.07. The summed E-state index contributed by atoms with van der Waals surface area (Å²) in [5.74, 6) is 0.851. The molecule has 0 unspecified atom stereocenters. The first-order chi connectivity index (χ1) is 9.28. The Morgan fingerprint density at radius 3 is 2.42 bits per heavy atom. The summed E-state index contributed by atoms with van der Waals surface area (Å²) >= 11 is 7.48. The van der Waals surface area contributed by atoms with Gasteiger partial charge >= 0.3 is 0 Å². The smallest absolute Gasteiger partial charge is 0.187 e. The molecule has 2 aromatic rings. The summed E-state index contributed by atoms with van der Waals surface area (Å²) in [6.07, 6.45) is 3.75. The number of nitrogens with one attached hydrogen (secondary N) is 1. The Kier molecular flexibility index (Phi) is 5.63. The van der Waals surface area contributed by atoms with Gasteiger partial charge in [0.15, 0.2) is 5.16 Å². The van der Waals surface area contributed by atoms with E-state index in [2.05, 4.69) is 22.2 Å². The van der Waals surface area contributed by atoms with E-state index in [1.165, 1.54) is 5.56 Å². The maximum Gasteiger partial charge on any atom is 0.187 e. The van der Waals surface area contributed by atoms with Gasteiger partial charge in [-0.15, -0.1) is 0 Å². The zero-order valence-corrected chi connectivity index (χ0v) is 12.3. The average Bonchev–Trinajstić information content (AvgIpc) is 2.46. The fourth-order valence-corrected chi connectivity index (χ4v) is 2.38. The fraction of sp³-hybridized carbons (Fsp3) is 0.286. The standard InChI is InChI=1S/C14H16ClN3S/c1-2-16-7-12-8-17-14(18-9-12)19-10-11-3-5-13(15)6-4-11/h3-6,8-9,16H,2,7,10H2,1H3. The predicted molar refractivity (Wildman–Crippen MR) is 80.4 cm³/mol. The normalized spacial score (nSPS) is 10.6. The van der Waals surface area contributed by atoms with Crippen LogP contribution < -0.4 is 5.32 Å². The van der Waals surface area contributed by atoms with Crippen LogP contribution in [0.15, 0.2) is 41.8 Å². The molecule has 0 spiro atoms. The first kappa shape index (κ1) is 14.3. The van der Waals surface area contributed by atoms with Crippen LogP contribution in [-0.4, -0.2) is 16.5 Å². The van der Waals surface area contributed by atoms with E-state index in [1.54, 1.807) is 11.8 Å². The highest BCUT2D eigenvalue weighted by atomic mass is 35.5. The van der Waals surface area contributed by atoms with Crippen LogP contribution in [0.3, 0.4) is 0 Å². The van der Waals surface area contributed by atoms with Crippen molar-refractivity contribution in [2.24, 2.45) is 0 Å². The van der Waals surface area contributed by atoms with Gasteiger partial charge in [-0.2, -0.15) is 0 Å². The number of nitrogens with zero attached hydrogens (tertiary/aromatic N) is 2. The van der Waals surface area contributed by atoms with Crippen LogP contribution in [0.2, 0.25) is 5.02 Å². The second-order valence-corrected chi connectivity index (χ2v) is 5.45. The molecule has 1 N–H and O–H groups in total. The van der Waals surface area contributed by atoms with Gasteiger partial charge in [0.25, 0.3) is 0 Å². The average molecular weight is 294 g/mol. The Balaban J connectivity index is 1.87. The number of rotatable bonds is 6. The van der Waals surface area contributed by atoms with E-state index >= 15 is 0 Å². The minimum atomic E-state index is 0.762. The minimum absolute atomic E-state index is 0.762. The molecule has 0 amide bonds. The maximum absolute atomic E-state index is 5.85. The third kappa shape index (κ3) is 4.82. The van der Waals surface area contributed by atoms with Crippen LogP contribution in [0.5, 0.6) is 0 Å². The first-order valence-electron chi connectivity index (χ1n) is 6.17. The molecule has 1 aromatic carbocycles. The number of halogens is 1. The minimum Gasteiger partial charge on any atom is -0.313 e. The van der Waals surface area contributed by atoms with Crippen molar-refractivity contribution < 1.29 is 0 Å². The van der Waals surface area contributed by atoms with Gasteiger partial charge in [-0.1, -0.05) is 42.4 Å². The van der Waals surface area contributed by atoms with E-state index in [0.717, 1.165) is 34.6 Å². The van der Waals surface area contributed by atoms with E-state index in [9.17, 15) is 0 Å². The summed E-state index contributed by atoms with van der Waals surface area (Å²) in [6.45, 7) is 3.85. The van der Waals surface area contributed by atoms with Crippen LogP contribution in [0.1, 0.15) is 18.1 Å². The lowest BCUT2D eigenvalue weighted by Gasteiger charge is -2.03. The Bertz CT molecular complexity index is 499. The first-order valence-corrected chi connectivity index (χ1v) is 7.53. The van der Waals surface area contributed by atoms with Gasteiger partial charge in [0, 0.05) is 35.3 Å². The highest BCUT2D eigenvalue weighted by Crippen LogP contribution is 2.20. The van der Waals surface area contributed by atoms with Crippen molar-refractivity contribution in [3.8, 4) is 0 Å². The Labute approximate surface area is 122 Å². The summed E-state index contributed by atoms with van der Waals surface area (Å²) in [7, 11) is 0. The molecule has 0 atom stereocenters. The molecular formula is C14H16ClN3S. The molecule has 0 saturated carbocycles. The lowest BCUT2D eigenvalue weighted by molar-refractivity contribution is 0.716. The topological polar surface area (TPSA) is 37.8 Å². The van der Waals surface area contributed by atoms with Crippen LogP contribution in [0.4, 0.5) is 0 Å². The summed E-state index contributed by atoms with van der Waals surface area (Å²) < 4.78 is 0. The Morgan fingerprint density at radius 2 is 1.79 bits per heavy atom. The van der Waals surface area contributed by atoms with Crippen LogP contribution in [0, 0.1) is 0 Å². The molecule has 100 valence electrons. The third-order valence-electron chi connectivity index (χ3n) is 2.54. The molecule has 0 bridgehead atoms. The summed E-state index contributed by atoms with van der Waals surface area (Å²) in [6, 6.07) is 7.85. The molecule has 2 rings (SSSR count). The van der Waals surface area contributed by atoms with Gasteiger partial charge in [-0.05, 0) is 24.2 Å². The molecule has 1 heterocycles. The van der Waals surface area contributed by atoms with Crippen molar-refractivity contribution >= 4 is 23.4 Å². The SMILES string of the molecule is CCNCc1cnc(SCc2ccc(Cl)cc2)nc1. The van der Waals surface area contributed by atoms with Gasteiger partial charge < -0.3 is 5.32 Å². The maximum atomic E-state index is 5.85. The number of hydrogen-bond acceptors (Lipinski definition) is 4. The van der Waals surface area contributed by atoms with Crippen LogP contribution in [-0.2, 0) is 12.3 Å². The number of hydrogen-bond donors (Lipinski definition) is 1. The van der Waals surface area contributed by atoms with Crippen molar-refractivity contribution in [1.82, 2.24) is 15.3 Å². The van der Waals surface area contributed by atoms with Gasteiger partial charge in [0.2, 0.25) is 0 Å². The van der Waals surface area contributed by atoms with E-state index in [-0.39, 0.29) is 0 Å². The molecule has 0 radical (unpaired) electrons. The lowest BCUT2D eigenvalue weighted by atomic mass is 10.2. The van der Waals surface area contributed by atoms with Gasteiger partial charge in [-0.3, -0.25) is 0 Å². The molecule has 0 saturated heterocycles. The molecule has 0 fully saturated rings. The highest BCUT2D eigenvalue weighted by molar-refractivity contribution is 7.98. The molecule has 3 nitrogen and oxygen atoms in total. The highest BCUT2D eigenvalue weighted by Gasteiger charge is 2.00. The fourth-order valence-electron chi connectivity index (χ4n) is 1.51. The third-order valence-corrected chi connectivity index (χ3v) is 3.74. The van der Waals surface area contributed by atoms with Crippen molar-refractivity contribution in [2.45, 2.75) is 24.4 Å². The van der Waals surface area contributed by atoms with Crippen molar-refractivity contribution in [2.75, 3.05) is 6.54 Å². The summed E-state index contributed by atoms with van der Waals surface area (Å²) in [5, 5.41) is 4.81. The lowest BCUT2D eigenvalue weighted by Crippen LogP contribution is -2.12. The van der Waals surface area contributed by atoms with E-state index in [4.69, 9.17) is 11.6 Å². The van der Waals surface area contributed by atoms with Gasteiger partial charge in [0.05, 0.1) is 0 Å². The monoisotopic (exact) mass is 293 g/mol. The van der Waals surface area contributed by atoms with Crippen molar-refractivity contribution in [3.05, 3.63) is 52.8 Å². The Morgan fingerprint density at radius 1 is 1.11 bits per heavy atom. The summed E-state index contributed by atoms with van der Waals surface area (Å²) in [5.41, 5.74) is 2.33. The second kappa shape index (κ2) is 7.48. The molecule has 19 heavy (non-hydrogen) atoms. The van der Waals surface area contributed by atoms with Crippen LogP contribution in [0.25, 0.3) is 0 Å². The number of thioether (sulfide) groups is 1. The number of benzene rings is 1. The van der Waals surface area contributed by atoms with Gasteiger partial charge in [0.1, 0.15) is 0 Å². The predicted octanol–water partition coefficient (Wildman–Crippen LogP) is 3.53. The van der Waals surface area contributed by atoms with E-state index in [0.29, 0.717) is 0 Å². The van der Waals surface area contributed by atoms with Crippen molar-refractivity contribution in [3.63, 3.8) is 0 Å². The summed E-state index contributed by atoms with van der Waals surface area (Å²) in [4.78, 5) is 8.70. The molecule has 0 aliphatic rings. The molecular weight excluding hydrogens is 278 g/mol. The zero-order valence-electron chi connectivity index (χ0n) is 10.8. The number of aromatic nitrogens is 2. The van der Waals surface area contributed by atoms with E-state index in [1.807, 2.05) is 36.7 Å². The Hall–Kier alpha value is -1.10. The molecule has 0 aliphatic carbocycles. The zero-order chi connectivity index (χ0) is 13.5. The molecule has 5 heteroatoms. The largest absolute Gasteiger partial charge is 0.313 e. The molecule has 0 aliphatic heterocycles. The van der Waals surface area contributed by atoms with Crippen LogP contribution >= 0.6 is 23.4 Å².